The Hall–Kier alpha value is -0.260. The normalized spacial score (nSPS) is 58.7. The van der Waals surface area contributed by atoms with Crippen LogP contribution in [0.4, 0.5) is 0 Å². The highest BCUT2D eigenvalue weighted by atomic mass is 14.7. The van der Waals surface area contributed by atoms with Gasteiger partial charge in [0.15, 0.2) is 0 Å². The average Bonchev–Trinajstić information content (AvgIpc) is 2.79. The molecule has 1 spiro atoms. The lowest BCUT2D eigenvalue weighted by Crippen LogP contribution is -2.30. The van der Waals surface area contributed by atoms with Crippen LogP contribution in [0.25, 0.3) is 0 Å². The molecule has 0 aromatic heterocycles. The fourth-order valence-electron chi connectivity index (χ4n) is 5.58. The van der Waals surface area contributed by atoms with Crippen molar-refractivity contribution in [3.05, 3.63) is 11.1 Å². The van der Waals surface area contributed by atoms with Gasteiger partial charge in [-0.05, 0) is 61.2 Å². The van der Waals surface area contributed by atoms with Crippen LogP contribution < -0.4 is 0 Å². The molecule has 0 aliphatic heterocycles. The highest BCUT2D eigenvalue weighted by molar-refractivity contribution is 5.46. The molecule has 0 radical (unpaired) electrons. The molecule has 3 fully saturated rings. The molecule has 0 nitrogen and oxygen atoms in total. The molecule has 0 saturated heterocycles. The van der Waals surface area contributed by atoms with Crippen LogP contribution in [0, 0.1) is 29.1 Å². The summed E-state index contributed by atoms with van der Waals surface area (Å²) in [5.41, 5.74) is 4.71. The Balaban J connectivity index is 1.88. The first kappa shape index (κ1) is 7.96. The third-order valence-corrected chi connectivity index (χ3v) is 5.98. The molecule has 0 heterocycles. The second-order valence-electron chi connectivity index (χ2n) is 6.47. The third kappa shape index (κ3) is 0.620. The van der Waals surface area contributed by atoms with Crippen molar-refractivity contribution in [2.75, 3.05) is 0 Å². The van der Waals surface area contributed by atoms with Gasteiger partial charge in [-0.25, -0.2) is 0 Å². The molecule has 5 atom stereocenters. The predicted octanol–water partition coefficient (Wildman–Crippen LogP) is 3.78. The van der Waals surface area contributed by atoms with E-state index in [1.54, 1.807) is 19.3 Å². The standard InChI is InChI=1S/C14H20/c1-8-3-4-14-7-10-6-11(14)9(2)13(10)12(14)5-8/h8-11H,3-7H2,1-2H3. The SMILES string of the molecule is CC1CCC23CC4CC2C(C)C4=C3C1. The summed E-state index contributed by atoms with van der Waals surface area (Å²) in [6, 6.07) is 0. The zero-order valence-electron chi connectivity index (χ0n) is 9.34. The smallest absolute Gasteiger partial charge is 0.00452 e. The van der Waals surface area contributed by atoms with Gasteiger partial charge in [0, 0.05) is 0 Å². The third-order valence-electron chi connectivity index (χ3n) is 5.98. The second kappa shape index (κ2) is 2.13. The lowest BCUT2D eigenvalue weighted by atomic mass is 9.65. The van der Waals surface area contributed by atoms with Crippen LogP contribution in [0.2, 0.25) is 0 Å². The van der Waals surface area contributed by atoms with E-state index in [1.165, 1.54) is 12.8 Å². The Kier molecular flexibility index (Phi) is 1.21. The summed E-state index contributed by atoms with van der Waals surface area (Å²) in [6.45, 7) is 4.96. The molecule has 0 heteroatoms. The molecule has 14 heavy (non-hydrogen) atoms. The molecule has 0 amide bonds. The first-order chi connectivity index (χ1) is 6.72. The Morgan fingerprint density at radius 2 is 2.14 bits per heavy atom. The average molecular weight is 188 g/mol. The highest BCUT2D eigenvalue weighted by Crippen LogP contribution is 2.75. The van der Waals surface area contributed by atoms with E-state index in [-0.39, 0.29) is 0 Å². The maximum atomic E-state index is 2.51. The molecule has 5 unspecified atom stereocenters. The molecule has 0 aromatic rings. The van der Waals surface area contributed by atoms with Crippen molar-refractivity contribution in [2.24, 2.45) is 29.1 Å². The van der Waals surface area contributed by atoms with E-state index in [0.717, 1.165) is 29.1 Å². The zero-order chi connectivity index (χ0) is 9.50. The minimum absolute atomic E-state index is 0.770. The zero-order valence-corrected chi connectivity index (χ0v) is 9.34. The highest BCUT2D eigenvalue weighted by Gasteiger charge is 2.65. The topological polar surface area (TPSA) is 0 Å². The van der Waals surface area contributed by atoms with Crippen LogP contribution in [0.15, 0.2) is 11.1 Å². The van der Waals surface area contributed by atoms with Gasteiger partial charge in [-0.1, -0.05) is 25.0 Å². The Morgan fingerprint density at radius 3 is 2.93 bits per heavy atom. The second-order valence-corrected chi connectivity index (χ2v) is 6.47. The minimum atomic E-state index is 0.770. The molecular formula is C14H20. The van der Waals surface area contributed by atoms with Gasteiger partial charge in [0.05, 0.1) is 0 Å². The lowest BCUT2D eigenvalue weighted by molar-refractivity contribution is 0.169. The number of allylic oxidation sites excluding steroid dienone is 2. The quantitative estimate of drug-likeness (QED) is 0.507. The molecule has 5 rings (SSSR count). The molecule has 5 aliphatic carbocycles. The fourth-order valence-corrected chi connectivity index (χ4v) is 5.58. The van der Waals surface area contributed by atoms with Crippen molar-refractivity contribution in [3.63, 3.8) is 0 Å². The van der Waals surface area contributed by atoms with E-state index in [9.17, 15) is 0 Å². The summed E-state index contributed by atoms with van der Waals surface area (Å²) in [7, 11) is 0. The van der Waals surface area contributed by atoms with E-state index < -0.39 is 0 Å². The van der Waals surface area contributed by atoms with E-state index in [0.29, 0.717) is 0 Å². The van der Waals surface area contributed by atoms with Gasteiger partial charge in [-0.2, -0.15) is 0 Å². The lowest BCUT2D eigenvalue weighted by Gasteiger charge is -2.40. The van der Waals surface area contributed by atoms with Crippen molar-refractivity contribution in [3.8, 4) is 0 Å². The van der Waals surface area contributed by atoms with Gasteiger partial charge in [0.1, 0.15) is 0 Å². The monoisotopic (exact) mass is 188 g/mol. The largest absolute Gasteiger partial charge is 0.0641 e. The van der Waals surface area contributed by atoms with Crippen LogP contribution in [0.5, 0.6) is 0 Å². The van der Waals surface area contributed by atoms with E-state index in [4.69, 9.17) is 0 Å². The van der Waals surface area contributed by atoms with Crippen molar-refractivity contribution in [2.45, 2.75) is 46.0 Å². The summed E-state index contributed by atoms with van der Waals surface area (Å²) in [5.74, 6) is 4.10. The molecule has 76 valence electrons. The van der Waals surface area contributed by atoms with Crippen LogP contribution in [0.1, 0.15) is 46.0 Å². The molecular weight excluding hydrogens is 168 g/mol. The van der Waals surface area contributed by atoms with Crippen molar-refractivity contribution in [1.29, 1.82) is 0 Å². The van der Waals surface area contributed by atoms with Gasteiger partial charge in [0.2, 0.25) is 0 Å². The molecule has 0 aromatic carbocycles. The van der Waals surface area contributed by atoms with Crippen LogP contribution >= 0.6 is 0 Å². The van der Waals surface area contributed by atoms with Crippen LogP contribution in [0.3, 0.4) is 0 Å². The number of rotatable bonds is 0. The Morgan fingerprint density at radius 1 is 1.29 bits per heavy atom. The van der Waals surface area contributed by atoms with Crippen LogP contribution in [-0.4, -0.2) is 0 Å². The summed E-state index contributed by atoms with van der Waals surface area (Å²) in [6.07, 6.45) is 7.64. The minimum Gasteiger partial charge on any atom is -0.0641 e. The first-order valence-electron chi connectivity index (χ1n) is 6.46. The van der Waals surface area contributed by atoms with Gasteiger partial charge >= 0.3 is 0 Å². The van der Waals surface area contributed by atoms with Gasteiger partial charge < -0.3 is 0 Å². The van der Waals surface area contributed by atoms with E-state index in [2.05, 4.69) is 13.8 Å². The van der Waals surface area contributed by atoms with Gasteiger partial charge in [-0.3, -0.25) is 0 Å². The molecule has 3 saturated carbocycles. The van der Waals surface area contributed by atoms with Crippen molar-refractivity contribution < 1.29 is 0 Å². The summed E-state index contributed by atoms with van der Waals surface area (Å²) >= 11 is 0. The van der Waals surface area contributed by atoms with Crippen molar-refractivity contribution >= 4 is 0 Å². The maximum Gasteiger partial charge on any atom is -0.00452 e. The summed E-state index contributed by atoms with van der Waals surface area (Å²) in [4.78, 5) is 0. The number of hydrogen-bond donors (Lipinski definition) is 0. The number of hydrogen-bond acceptors (Lipinski definition) is 0. The van der Waals surface area contributed by atoms with Gasteiger partial charge in [-0.15, -0.1) is 0 Å². The molecule has 4 bridgehead atoms. The first-order valence-corrected chi connectivity index (χ1v) is 6.46. The maximum absolute atomic E-state index is 2.51. The fraction of sp³-hybridized carbons (Fsp3) is 0.857. The van der Waals surface area contributed by atoms with E-state index in [1.807, 2.05) is 11.1 Å². The van der Waals surface area contributed by atoms with Gasteiger partial charge in [0.25, 0.3) is 0 Å². The summed E-state index contributed by atoms with van der Waals surface area (Å²) in [5, 5.41) is 0. The Bertz CT molecular complexity index is 334. The van der Waals surface area contributed by atoms with Crippen molar-refractivity contribution in [1.82, 2.24) is 0 Å². The Labute approximate surface area is 86.8 Å². The van der Waals surface area contributed by atoms with E-state index >= 15 is 0 Å². The molecule has 5 aliphatic rings. The van der Waals surface area contributed by atoms with Crippen LogP contribution in [-0.2, 0) is 0 Å². The predicted molar refractivity (Wildman–Crippen MR) is 57.9 cm³/mol. The molecule has 0 N–H and O–H groups in total. The summed E-state index contributed by atoms with van der Waals surface area (Å²) < 4.78 is 0.